The molecule has 0 bridgehead atoms. The van der Waals surface area contributed by atoms with Gasteiger partial charge in [-0.1, -0.05) is 27.7 Å². The normalized spacial score (nSPS) is 10.5. The molecule has 68 valence electrons. The molecule has 4 nitrogen and oxygen atoms in total. The second-order valence-corrected chi connectivity index (χ2v) is 4.18. The summed E-state index contributed by atoms with van der Waals surface area (Å²) in [6, 6.07) is 0. The van der Waals surface area contributed by atoms with Crippen molar-refractivity contribution in [1.29, 1.82) is 0 Å². The van der Waals surface area contributed by atoms with Crippen LogP contribution in [0.2, 0.25) is 0 Å². The molecule has 1 rings (SSSR count). The number of nitrogens with zero attached hydrogens (tertiary/aromatic N) is 4. The summed E-state index contributed by atoms with van der Waals surface area (Å²) in [5, 5.41) is 13.1. The first kappa shape index (κ1) is 9.98. The zero-order chi connectivity index (χ0) is 8.81. The van der Waals surface area contributed by atoms with Crippen LogP contribution in [0.3, 0.4) is 0 Å². The number of alkyl halides is 1. The first-order valence-electron chi connectivity index (χ1n) is 3.75. The number of tetrazole rings is 1. The van der Waals surface area contributed by atoms with Crippen LogP contribution in [0, 0.1) is 0 Å². The van der Waals surface area contributed by atoms with Gasteiger partial charge in [0.15, 0.2) is 0 Å². The molecule has 0 aliphatic rings. The molecule has 1 heterocycles. The predicted octanol–water partition coefficient (Wildman–Crippen LogP) is 1.48. The predicted molar refractivity (Wildman–Crippen MR) is 52.6 cm³/mol. The van der Waals surface area contributed by atoms with Crippen molar-refractivity contribution in [3.63, 3.8) is 0 Å². The van der Waals surface area contributed by atoms with Gasteiger partial charge >= 0.3 is 0 Å². The van der Waals surface area contributed by atoms with E-state index < -0.39 is 0 Å². The maximum absolute atomic E-state index is 3.87. The summed E-state index contributed by atoms with van der Waals surface area (Å²) in [5.74, 6) is 1.08. The van der Waals surface area contributed by atoms with Crippen LogP contribution >= 0.6 is 27.7 Å². The molecule has 0 aliphatic heterocycles. The van der Waals surface area contributed by atoms with Gasteiger partial charge in [-0.15, -0.1) is 5.10 Å². The van der Waals surface area contributed by atoms with Gasteiger partial charge in [0.2, 0.25) is 5.16 Å². The molecule has 6 heteroatoms. The zero-order valence-corrected chi connectivity index (χ0v) is 9.31. The molecule has 0 saturated heterocycles. The van der Waals surface area contributed by atoms with Gasteiger partial charge in [-0.2, -0.15) is 0 Å². The van der Waals surface area contributed by atoms with Gasteiger partial charge in [-0.05, 0) is 23.3 Å². The Morgan fingerprint density at radius 3 is 2.92 bits per heavy atom. The summed E-state index contributed by atoms with van der Waals surface area (Å²) in [7, 11) is 1.85. The SMILES string of the molecule is Cn1nnnc1SCCCCBr. The molecular weight excluding hydrogens is 240 g/mol. The van der Waals surface area contributed by atoms with Gasteiger partial charge in [0.05, 0.1) is 0 Å². The molecular formula is C6H11BrN4S. The summed E-state index contributed by atoms with van der Waals surface area (Å²) in [5.41, 5.74) is 0. The van der Waals surface area contributed by atoms with E-state index in [0.29, 0.717) is 0 Å². The highest BCUT2D eigenvalue weighted by Crippen LogP contribution is 2.14. The third kappa shape index (κ3) is 3.10. The quantitative estimate of drug-likeness (QED) is 0.451. The third-order valence-electron chi connectivity index (χ3n) is 1.34. The molecule has 0 fully saturated rings. The van der Waals surface area contributed by atoms with Crippen molar-refractivity contribution >= 4 is 27.7 Å². The van der Waals surface area contributed by atoms with Crippen LogP contribution in [-0.2, 0) is 7.05 Å². The minimum Gasteiger partial charge on any atom is -0.224 e. The molecule has 1 aromatic heterocycles. The lowest BCUT2D eigenvalue weighted by Crippen LogP contribution is -1.93. The fourth-order valence-corrected chi connectivity index (χ4v) is 1.95. The second-order valence-electron chi connectivity index (χ2n) is 2.33. The van der Waals surface area contributed by atoms with Gasteiger partial charge in [0.25, 0.3) is 0 Å². The van der Waals surface area contributed by atoms with Crippen molar-refractivity contribution in [2.24, 2.45) is 7.05 Å². The molecule has 0 unspecified atom stereocenters. The molecule has 1 aromatic rings. The Labute approximate surface area is 84.2 Å². The van der Waals surface area contributed by atoms with Crippen LogP contribution in [0.1, 0.15) is 12.8 Å². The Morgan fingerprint density at radius 1 is 1.50 bits per heavy atom. The molecule has 0 saturated carbocycles. The number of aryl methyl sites for hydroxylation is 1. The Hall–Kier alpha value is -0.100. The Morgan fingerprint density at radius 2 is 2.33 bits per heavy atom. The highest BCUT2D eigenvalue weighted by Gasteiger charge is 2.00. The monoisotopic (exact) mass is 250 g/mol. The van der Waals surface area contributed by atoms with E-state index in [0.717, 1.165) is 16.2 Å². The number of hydrogen-bond acceptors (Lipinski definition) is 4. The van der Waals surface area contributed by atoms with Crippen molar-refractivity contribution < 1.29 is 0 Å². The zero-order valence-electron chi connectivity index (χ0n) is 6.90. The average molecular weight is 251 g/mol. The molecule has 0 amide bonds. The van der Waals surface area contributed by atoms with E-state index in [1.165, 1.54) is 12.8 Å². The Bertz CT molecular complexity index is 227. The minimum absolute atomic E-state index is 0.893. The van der Waals surface area contributed by atoms with Gasteiger partial charge in [0.1, 0.15) is 0 Å². The Kier molecular flexibility index (Phi) is 4.60. The summed E-state index contributed by atoms with van der Waals surface area (Å²) in [6.45, 7) is 0. The average Bonchev–Trinajstić information content (AvgIpc) is 2.46. The number of unbranched alkanes of at least 4 members (excludes halogenated alkanes) is 1. The number of rotatable bonds is 5. The molecule has 0 spiro atoms. The lowest BCUT2D eigenvalue weighted by atomic mass is 10.4. The number of thioether (sulfide) groups is 1. The first-order chi connectivity index (χ1) is 5.84. The molecule has 0 atom stereocenters. The number of aromatic nitrogens is 4. The minimum atomic E-state index is 0.893. The van der Waals surface area contributed by atoms with Crippen LogP contribution < -0.4 is 0 Å². The Balaban J connectivity index is 2.20. The lowest BCUT2D eigenvalue weighted by Gasteiger charge is -1.96. The third-order valence-corrected chi connectivity index (χ3v) is 3.00. The van der Waals surface area contributed by atoms with Gasteiger partial charge in [-0.3, -0.25) is 0 Å². The van der Waals surface area contributed by atoms with E-state index in [1.54, 1.807) is 16.4 Å². The topological polar surface area (TPSA) is 43.6 Å². The summed E-state index contributed by atoms with van der Waals surface area (Å²) in [6.07, 6.45) is 2.40. The second kappa shape index (κ2) is 5.53. The van der Waals surface area contributed by atoms with Crippen LogP contribution in [0.25, 0.3) is 0 Å². The van der Waals surface area contributed by atoms with Crippen molar-refractivity contribution in [1.82, 2.24) is 20.2 Å². The first-order valence-corrected chi connectivity index (χ1v) is 5.86. The van der Waals surface area contributed by atoms with Crippen LogP contribution in [0.5, 0.6) is 0 Å². The van der Waals surface area contributed by atoms with Crippen molar-refractivity contribution in [2.75, 3.05) is 11.1 Å². The number of halogens is 1. The molecule has 12 heavy (non-hydrogen) atoms. The van der Waals surface area contributed by atoms with Crippen LogP contribution in [0.15, 0.2) is 5.16 Å². The molecule has 0 aromatic carbocycles. The fraction of sp³-hybridized carbons (Fsp3) is 0.833. The molecule has 0 aliphatic carbocycles. The van der Waals surface area contributed by atoms with E-state index >= 15 is 0 Å². The smallest absolute Gasteiger partial charge is 0.209 e. The fourth-order valence-electron chi connectivity index (χ4n) is 0.704. The van der Waals surface area contributed by atoms with Crippen molar-refractivity contribution in [3.8, 4) is 0 Å². The van der Waals surface area contributed by atoms with Crippen LogP contribution in [-0.4, -0.2) is 31.3 Å². The highest BCUT2D eigenvalue weighted by atomic mass is 79.9. The van der Waals surface area contributed by atoms with Crippen LogP contribution in [0.4, 0.5) is 0 Å². The summed E-state index contributed by atoms with van der Waals surface area (Å²) >= 11 is 5.09. The standard InChI is InChI=1S/C6H11BrN4S/c1-11-6(8-9-10-11)12-5-3-2-4-7/h2-5H2,1H3. The maximum Gasteiger partial charge on any atom is 0.209 e. The van der Waals surface area contributed by atoms with Gasteiger partial charge in [0, 0.05) is 18.1 Å². The highest BCUT2D eigenvalue weighted by molar-refractivity contribution is 9.09. The molecule has 0 N–H and O–H groups in total. The number of hydrogen-bond donors (Lipinski definition) is 0. The van der Waals surface area contributed by atoms with E-state index in [2.05, 4.69) is 31.5 Å². The molecule has 0 radical (unpaired) electrons. The van der Waals surface area contributed by atoms with E-state index in [4.69, 9.17) is 0 Å². The van der Waals surface area contributed by atoms with Gasteiger partial charge in [-0.25, -0.2) is 4.68 Å². The summed E-state index contributed by atoms with van der Waals surface area (Å²) < 4.78 is 1.69. The van der Waals surface area contributed by atoms with E-state index in [1.807, 2.05) is 7.05 Å². The van der Waals surface area contributed by atoms with Gasteiger partial charge < -0.3 is 0 Å². The lowest BCUT2D eigenvalue weighted by molar-refractivity contribution is 0.664. The van der Waals surface area contributed by atoms with Crippen molar-refractivity contribution in [3.05, 3.63) is 0 Å². The van der Waals surface area contributed by atoms with E-state index in [-0.39, 0.29) is 0 Å². The maximum atomic E-state index is 3.87. The van der Waals surface area contributed by atoms with Crippen molar-refractivity contribution in [2.45, 2.75) is 18.0 Å². The summed E-state index contributed by atoms with van der Waals surface area (Å²) in [4.78, 5) is 0. The van der Waals surface area contributed by atoms with E-state index in [9.17, 15) is 0 Å². The largest absolute Gasteiger partial charge is 0.224 e.